The number of ether oxygens (including phenoxy) is 1. The highest BCUT2D eigenvalue weighted by Crippen LogP contribution is 2.37. The van der Waals surface area contributed by atoms with Crippen molar-refractivity contribution in [2.24, 2.45) is 0 Å². The van der Waals surface area contributed by atoms with E-state index in [2.05, 4.69) is 53.3 Å². The van der Waals surface area contributed by atoms with Crippen LogP contribution in [0, 0.1) is 0 Å². The number of carbonyl (C=O) groups excluding carboxylic acids is 1. The van der Waals surface area contributed by atoms with Crippen molar-refractivity contribution >= 4 is 29.0 Å². The molecule has 3 aromatic heterocycles. The van der Waals surface area contributed by atoms with E-state index < -0.39 is 0 Å². The van der Waals surface area contributed by atoms with Crippen LogP contribution in [-0.2, 0) is 0 Å². The van der Waals surface area contributed by atoms with Gasteiger partial charge in [0.1, 0.15) is 5.75 Å². The Morgan fingerprint density at radius 3 is 2.37 bits per heavy atom. The molecule has 0 aliphatic carbocycles. The van der Waals surface area contributed by atoms with Crippen molar-refractivity contribution in [1.29, 1.82) is 0 Å². The maximum absolute atomic E-state index is 11.2. The summed E-state index contributed by atoms with van der Waals surface area (Å²) in [6.45, 7) is 2.98. The summed E-state index contributed by atoms with van der Waals surface area (Å²) in [5.41, 5.74) is 3.32. The first kappa shape index (κ1) is 20.6. The third-order valence-corrected chi connectivity index (χ3v) is 6.94. The Bertz CT molecular complexity index is 1080. The molecule has 0 unspecified atom stereocenters. The van der Waals surface area contributed by atoms with Crippen LogP contribution in [0.4, 0.5) is 0 Å². The molecule has 0 fully saturated rings. The Labute approximate surface area is 185 Å². The Kier molecular flexibility index (Phi) is 6.82. The number of hydrogen-bond donors (Lipinski definition) is 0. The summed E-state index contributed by atoms with van der Waals surface area (Å²) < 4.78 is 8.18. The Hall–Kier alpha value is -2.63. The predicted molar refractivity (Wildman–Crippen MR) is 127 cm³/mol. The van der Waals surface area contributed by atoms with Crippen LogP contribution < -0.4 is 4.74 Å². The standard InChI is InChI=1S/C25H25NO2S2/c1-2-3-4-5-16-28-20-10-8-19(9-11-20)26-22(24-7-6-17-29-24)13-14-23(26)25-15-12-21(18-27)30-25/h6-15,17-18H,2-5,16H2,1H3. The molecule has 0 amide bonds. The van der Waals surface area contributed by atoms with E-state index in [0.29, 0.717) is 0 Å². The van der Waals surface area contributed by atoms with Gasteiger partial charge in [-0.15, -0.1) is 22.7 Å². The van der Waals surface area contributed by atoms with Crippen molar-refractivity contribution < 1.29 is 9.53 Å². The average molecular weight is 436 g/mol. The van der Waals surface area contributed by atoms with Crippen molar-refractivity contribution in [1.82, 2.24) is 4.57 Å². The van der Waals surface area contributed by atoms with Gasteiger partial charge < -0.3 is 9.30 Å². The molecule has 0 N–H and O–H groups in total. The minimum Gasteiger partial charge on any atom is -0.494 e. The van der Waals surface area contributed by atoms with Gasteiger partial charge in [-0.1, -0.05) is 32.3 Å². The van der Waals surface area contributed by atoms with Gasteiger partial charge in [0.2, 0.25) is 0 Å². The zero-order valence-corrected chi connectivity index (χ0v) is 18.7. The molecule has 0 aliphatic heterocycles. The minimum absolute atomic E-state index is 0.738. The molecule has 5 heteroatoms. The summed E-state index contributed by atoms with van der Waals surface area (Å²) in [5, 5.41) is 2.09. The number of thiophene rings is 2. The second-order valence-electron chi connectivity index (χ2n) is 7.14. The maximum Gasteiger partial charge on any atom is 0.160 e. The van der Waals surface area contributed by atoms with Gasteiger partial charge in [-0.3, -0.25) is 4.79 Å². The van der Waals surface area contributed by atoms with Gasteiger partial charge in [-0.2, -0.15) is 0 Å². The monoisotopic (exact) mass is 435 g/mol. The van der Waals surface area contributed by atoms with Crippen LogP contribution in [-0.4, -0.2) is 17.5 Å². The molecule has 4 rings (SSSR count). The minimum atomic E-state index is 0.738. The molecule has 3 heterocycles. The van der Waals surface area contributed by atoms with Crippen molar-refractivity contribution in [3.05, 3.63) is 70.9 Å². The van der Waals surface area contributed by atoms with Crippen LogP contribution in [0.5, 0.6) is 5.75 Å². The molecule has 0 radical (unpaired) electrons. The van der Waals surface area contributed by atoms with Gasteiger partial charge in [-0.25, -0.2) is 0 Å². The van der Waals surface area contributed by atoms with Crippen molar-refractivity contribution in [2.45, 2.75) is 32.6 Å². The van der Waals surface area contributed by atoms with Gasteiger partial charge in [0.15, 0.2) is 6.29 Å². The SMILES string of the molecule is CCCCCCOc1ccc(-n2c(-c3cccs3)ccc2-c2ccc(C=O)s2)cc1. The molecule has 3 nitrogen and oxygen atoms in total. The summed E-state index contributed by atoms with van der Waals surface area (Å²) in [4.78, 5) is 14.2. The summed E-state index contributed by atoms with van der Waals surface area (Å²) in [7, 11) is 0. The summed E-state index contributed by atoms with van der Waals surface area (Å²) in [5.74, 6) is 0.904. The number of rotatable bonds is 10. The first-order chi connectivity index (χ1) is 14.8. The molecular formula is C25H25NO2S2. The summed E-state index contributed by atoms with van der Waals surface area (Å²) >= 11 is 3.24. The predicted octanol–water partition coefficient (Wildman–Crippen LogP) is 7.71. The van der Waals surface area contributed by atoms with Crippen LogP contribution in [0.1, 0.15) is 42.3 Å². The quantitative estimate of drug-likeness (QED) is 0.189. The maximum atomic E-state index is 11.2. The van der Waals surface area contributed by atoms with Gasteiger partial charge in [-0.05, 0) is 66.4 Å². The number of benzene rings is 1. The fraction of sp³-hybridized carbons (Fsp3) is 0.240. The smallest absolute Gasteiger partial charge is 0.160 e. The molecule has 0 spiro atoms. The second-order valence-corrected chi connectivity index (χ2v) is 9.20. The van der Waals surface area contributed by atoms with E-state index in [9.17, 15) is 4.79 Å². The lowest BCUT2D eigenvalue weighted by Gasteiger charge is -2.13. The molecule has 0 aliphatic rings. The number of carbonyl (C=O) groups is 1. The molecule has 4 aromatic rings. The lowest BCUT2D eigenvalue weighted by atomic mass is 10.2. The van der Waals surface area contributed by atoms with Crippen LogP contribution in [0.25, 0.3) is 26.8 Å². The number of aldehydes is 1. The number of unbranched alkanes of at least 4 members (excludes halogenated alkanes) is 3. The van der Waals surface area contributed by atoms with Crippen LogP contribution >= 0.6 is 22.7 Å². The van der Waals surface area contributed by atoms with Gasteiger partial charge in [0, 0.05) is 5.69 Å². The second kappa shape index (κ2) is 9.92. The van der Waals surface area contributed by atoms with E-state index >= 15 is 0 Å². The Morgan fingerprint density at radius 2 is 1.70 bits per heavy atom. The van der Waals surface area contributed by atoms with Crippen LogP contribution in [0.15, 0.2) is 66.0 Å². The molecule has 154 valence electrons. The number of aromatic nitrogens is 1. The third kappa shape index (κ3) is 4.58. The summed E-state index contributed by atoms with van der Waals surface area (Å²) in [6, 6.07) is 20.7. The van der Waals surface area contributed by atoms with Gasteiger partial charge >= 0.3 is 0 Å². The molecule has 0 bridgehead atoms. The topological polar surface area (TPSA) is 31.2 Å². The van der Waals surface area contributed by atoms with Crippen LogP contribution in [0.3, 0.4) is 0 Å². The Morgan fingerprint density at radius 1 is 0.900 bits per heavy atom. The fourth-order valence-corrected chi connectivity index (χ4v) is 5.07. The normalized spacial score (nSPS) is 11.0. The molecular weight excluding hydrogens is 410 g/mol. The highest BCUT2D eigenvalue weighted by Gasteiger charge is 2.16. The molecule has 0 saturated carbocycles. The number of hydrogen-bond acceptors (Lipinski definition) is 4. The highest BCUT2D eigenvalue weighted by atomic mass is 32.1. The van der Waals surface area contributed by atoms with E-state index in [-0.39, 0.29) is 0 Å². The molecule has 0 atom stereocenters. The molecule has 30 heavy (non-hydrogen) atoms. The van der Waals surface area contributed by atoms with E-state index in [0.717, 1.165) is 51.9 Å². The zero-order valence-electron chi connectivity index (χ0n) is 17.0. The van der Waals surface area contributed by atoms with E-state index in [1.807, 2.05) is 24.3 Å². The highest BCUT2D eigenvalue weighted by molar-refractivity contribution is 7.17. The van der Waals surface area contributed by atoms with Gasteiger partial charge in [0.05, 0.1) is 32.6 Å². The number of nitrogens with zero attached hydrogens (tertiary/aromatic N) is 1. The summed E-state index contributed by atoms with van der Waals surface area (Å²) in [6.07, 6.45) is 5.72. The fourth-order valence-electron chi connectivity index (χ4n) is 3.49. The first-order valence-corrected chi connectivity index (χ1v) is 12.0. The zero-order chi connectivity index (χ0) is 20.8. The van der Waals surface area contributed by atoms with E-state index in [1.54, 1.807) is 11.3 Å². The van der Waals surface area contributed by atoms with E-state index in [1.165, 1.54) is 35.5 Å². The lowest BCUT2D eigenvalue weighted by Crippen LogP contribution is -2.00. The third-order valence-electron chi connectivity index (χ3n) is 5.01. The first-order valence-electron chi connectivity index (χ1n) is 10.3. The largest absolute Gasteiger partial charge is 0.494 e. The van der Waals surface area contributed by atoms with Gasteiger partial charge in [0.25, 0.3) is 0 Å². The Balaban J connectivity index is 1.63. The van der Waals surface area contributed by atoms with Crippen molar-refractivity contribution in [3.63, 3.8) is 0 Å². The average Bonchev–Trinajstić information content (AvgIpc) is 3.53. The molecule has 1 aromatic carbocycles. The van der Waals surface area contributed by atoms with E-state index in [4.69, 9.17) is 4.74 Å². The van der Waals surface area contributed by atoms with Crippen molar-refractivity contribution in [2.75, 3.05) is 6.61 Å². The van der Waals surface area contributed by atoms with Crippen LogP contribution in [0.2, 0.25) is 0 Å². The molecule has 0 saturated heterocycles. The lowest BCUT2D eigenvalue weighted by molar-refractivity contribution is 0.112. The van der Waals surface area contributed by atoms with Crippen molar-refractivity contribution in [3.8, 4) is 32.6 Å².